The van der Waals surface area contributed by atoms with Crippen LogP contribution in [0.4, 0.5) is 0 Å². The van der Waals surface area contributed by atoms with E-state index in [2.05, 4.69) is 4.98 Å². The number of carbonyl (C=O) groups excluding carboxylic acids is 1. The molecule has 2 aromatic heterocycles. The molecule has 0 aromatic carbocycles. The zero-order valence-electron chi connectivity index (χ0n) is 14.4. The summed E-state index contributed by atoms with van der Waals surface area (Å²) in [6.07, 6.45) is 8.00. The minimum Gasteiger partial charge on any atom is -0.486 e. The molecule has 2 fully saturated rings. The van der Waals surface area contributed by atoms with Crippen LogP contribution < -0.4 is 4.74 Å². The molecule has 6 heteroatoms. The summed E-state index contributed by atoms with van der Waals surface area (Å²) < 4.78 is 14.0. The maximum atomic E-state index is 12.6. The maximum absolute atomic E-state index is 12.6. The first-order valence-corrected chi connectivity index (χ1v) is 8.76. The van der Waals surface area contributed by atoms with Gasteiger partial charge >= 0.3 is 0 Å². The average Bonchev–Trinajstić information content (AvgIpc) is 3.23. The van der Waals surface area contributed by atoms with Gasteiger partial charge in [0.25, 0.3) is 5.91 Å². The third kappa shape index (κ3) is 3.26. The van der Waals surface area contributed by atoms with Crippen molar-refractivity contribution in [2.45, 2.75) is 31.0 Å². The molecule has 6 nitrogen and oxygen atoms in total. The van der Waals surface area contributed by atoms with Gasteiger partial charge in [0.15, 0.2) is 0 Å². The molecule has 25 heavy (non-hydrogen) atoms. The number of amides is 1. The van der Waals surface area contributed by atoms with E-state index in [-0.39, 0.29) is 17.6 Å². The molecule has 1 spiro atoms. The van der Waals surface area contributed by atoms with Crippen LogP contribution in [-0.4, -0.2) is 51.8 Å². The summed E-state index contributed by atoms with van der Waals surface area (Å²) in [6, 6.07) is 7.56. The summed E-state index contributed by atoms with van der Waals surface area (Å²) in [4.78, 5) is 18.6. The highest BCUT2D eigenvalue weighted by atomic mass is 16.6. The standard InChI is InChI=1S/C19H23N3O3/c1-21-9-3-5-17(21)18(23)22-10-6-19(7-11-22)12-16(14-24-19)25-15-4-2-8-20-13-15/h2-5,8-9,13,16H,6-7,10-12,14H2,1H3/t16-/m1/s1. The van der Waals surface area contributed by atoms with E-state index in [1.165, 1.54) is 0 Å². The molecule has 0 bridgehead atoms. The van der Waals surface area contributed by atoms with Gasteiger partial charge in [-0.1, -0.05) is 0 Å². The van der Waals surface area contributed by atoms with Crippen LogP contribution in [0.3, 0.4) is 0 Å². The van der Waals surface area contributed by atoms with E-state index in [0.29, 0.717) is 6.61 Å². The molecule has 0 radical (unpaired) electrons. The lowest BCUT2D eigenvalue weighted by Crippen LogP contribution is -2.47. The van der Waals surface area contributed by atoms with E-state index < -0.39 is 0 Å². The van der Waals surface area contributed by atoms with Gasteiger partial charge < -0.3 is 18.9 Å². The quantitative estimate of drug-likeness (QED) is 0.859. The van der Waals surface area contributed by atoms with Crippen LogP contribution in [0.25, 0.3) is 0 Å². The summed E-state index contributed by atoms with van der Waals surface area (Å²) in [5, 5.41) is 0. The zero-order valence-corrected chi connectivity index (χ0v) is 14.4. The number of hydrogen-bond donors (Lipinski definition) is 0. The molecular formula is C19H23N3O3. The summed E-state index contributed by atoms with van der Waals surface area (Å²) in [5.41, 5.74) is 0.582. The van der Waals surface area contributed by atoms with Crippen molar-refractivity contribution in [3.8, 4) is 5.75 Å². The van der Waals surface area contributed by atoms with Crippen LogP contribution in [0.5, 0.6) is 5.75 Å². The topological polar surface area (TPSA) is 56.6 Å². The Morgan fingerprint density at radius 2 is 2.16 bits per heavy atom. The number of hydrogen-bond acceptors (Lipinski definition) is 4. The second-order valence-corrected chi connectivity index (χ2v) is 6.92. The molecule has 4 rings (SSSR count). The van der Waals surface area contributed by atoms with Crippen LogP contribution >= 0.6 is 0 Å². The molecule has 0 saturated carbocycles. The Hall–Kier alpha value is -2.34. The van der Waals surface area contributed by atoms with Crippen molar-refractivity contribution in [2.24, 2.45) is 7.05 Å². The Labute approximate surface area is 147 Å². The fourth-order valence-corrected chi connectivity index (χ4v) is 3.80. The predicted octanol–water partition coefficient (Wildman–Crippen LogP) is 2.26. The monoisotopic (exact) mass is 341 g/mol. The number of carbonyl (C=O) groups is 1. The lowest BCUT2D eigenvalue weighted by Gasteiger charge is -2.38. The molecule has 0 aliphatic carbocycles. The Morgan fingerprint density at radius 3 is 2.84 bits per heavy atom. The van der Waals surface area contributed by atoms with Gasteiger partial charge in [-0.15, -0.1) is 0 Å². The van der Waals surface area contributed by atoms with Gasteiger partial charge in [-0.2, -0.15) is 0 Å². The first kappa shape index (κ1) is 16.1. The number of ether oxygens (including phenoxy) is 2. The van der Waals surface area contributed by atoms with E-state index in [9.17, 15) is 4.79 Å². The smallest absolute Gasteiger partial charge is 0.270 e. The number of nitrogens with zero attached hydrogens (tertiary/aromatic N) is 3. The van der Waals surface area contributed by atoms with Crippen LogP contribution in [0.15, 0.2) is 42.9 Å². The highest BCUT2D eigenvalue weighted by Crippen LogP contribution is 2.37. The van der Waals surface area contributed by atoms with Gasteiger partial charge in [-0.25, -0.2) is 0 Å². The Bertz CT molecular complexity index is 735. The van der Waals surface area contributed by atoms with E-state index in [1.54, 1.807) is 12.4 Å². The van der Waals surface area contributed by atoms with Crippen molar-refractivity contribution in [1.82, 2.24) is 14.5 Å². The van der Waals surface area contributed by atoms with E-state index in [4.69, 9.17) is 9.47 Å². The number of aromatic nitrogens is 2. The molecule has 2 saturated heterocycles. The number of likely N-dealkylation sites (tertiary alicyclic amines) is 1. The SMILES string of the molecule is Cn1cccc1C(=O)N1CCC2(CC1)C[C@@H](Oc1cccnc1)CO2. The highest BCUT2D eigenvalue weighted by Gasteiger charge is 2.44. The Balaban J connectivity index is 1.34. The number of aryl methyl sites for hydroxylation is 1. The third-order valence-electron chi connectivity index (χ3n) is 5.24. The first-order valence-electron chi connectivity index (χ1n) is 8.76. The molecule has 1 atom stereocenters. The van der Waals surface area contributed by atoms with Crippen molar-refractivity contribution >= 4 is 5.91 Å². The van der Waals surface area contributed by atoms with Gasteiger partial charge in [-0.05, 0) is 37.1 Å². The second kappa shape index (κ2) is 6.52. The highest BCUT2D eigenvalue weighted by molar-refractivity contribution is 5.92. The molecule has 2 aliphatic heterocycles. The number of pyridine rings is 1. The minimum atomic E-state index is -0.155. The summed E-state index contributed by atoms with van der Waals surface area (Å²) in [5.74, 6) is 0.882. The Morgan fingerprint density at radius 1 is 1.32 bits per heavy atom. The maximum Gasteiger partial charge on any atom is 0.270 e. The second-order valence-electron chi connectivity index (χ2n) is 6.92. The Kier molecular flexibility index (Phi) is 4.21. The molecule has 0 unspecified atom stereocenters. The van der Waals surface area contributed by atoms with Crippen LogP contribution in [0, 0.1) is 0 Å². The van der Waals surface area contributed by atoms with Gasteiger partial charge in [0.05, 0.1) is 18.4 Å². The first-order chi connectivity index (χ1) is 12.2. The molecule has 2 aromatic rings. The van der Waals surface area contributed by atoms with Crippen molar-refractivity contribution < 1.29 is 14.3 Å². The van der Waals surface area contributed by atoms with Crippen LogP contribution in [-0.2, 0) is 11.8 Å². The largest absolute Gasteiger partial charge is 0.486 e. The van der Waals surface area contributed by atoms with Crippen LogP contribution in [0.1, 0.15) is 29.8 Å². The van der Waals surface area contributed by atoms with E-state index in [0.717, 1.165) is 43.8 Å². The van der Waals surface area contributed by atoms with Gasteiger partial charge in [0, 0.05) is 39.0 Å². The molecule has 4 heterocycles. The van der Waals surface area contributed by atoms with Gasteiger partial charge in [-0.3, -0.25) is 9.78 Å². The molecule has 2 aliphatic rings. The van der Waals surface area contributed by atoms with Crippen molar-refractivity contribution in [2.75, 3.05) is 19.7 Å². The van der Waals surface area contributed by atoms with Crippen molar-refractivity contribution in [3.63, 3.8) is 0 Å². The zero-order chi connectivity index (χ0) is 17.3. The molecule has 1 amide bonds. The molecule has 0 N–H and O–H groups in total. The fourth-order valence-electron chi connectivity index (χ4n) is 3.80. The molecular weight excluding hydrogens is 318 g/mol. The predicted molar refractivity (Wildman–Crippen MR) is 92.5 cm³/mol. The summed E-state index contributed by atoms with van der Waals surface area (Å²) in [7, 11) is 1.90. The lowest BCUT2D eigenvalue weighted by molar-refractivity contribution is -0.0397. The average molecular weight is 341 g/mol. The van der Waals surface area contributed by atoms with E-state index in [1.807, 2.05) is 47.0 Å². The fraction of sp³-hybridized carbons (Fsp3) is 0.474. The third-order valence-corrected chi connectivity index (χ3v) is 5.24. The lowest BCUT2D eigenvalue weighted by atomic mass is 9.88. The van der Waals surface area contributed by atoms with Crippen molar-refractivity contribution in [3.05, 3.63) is 48.5 Å². The van der Waals surface area contributed by atoms with Gasteiger partial charge in [0.2, 0.25) is 0 Å². The minimum absolute atomic E-state index is 0.0549. The number of rotatable bonds is 3. The van der Waals surface area contributed by atoms with Crippen molar-refractivity contribution in [1.29, 1.82) is 0 Å². The summed E-state index contributed by atoms with van der Waals surface area (Å²) >= 11 is 0. The van der Waals surface area contributed by atoms with Gasteiger partial charge in [0.1, 0.15) is 17.5 Å². The van der Waals surface area contributed by atoms with Crippen LogP contribution in [0.2, 0.25) is 0 Å². The van der Waals surface area contributed by atoms with E-state index >= 15 is 0 Å². The molecule has 132 valence electrons. The summed E-state index contributed by atoms with van der Waals surface area (Å²) in [6.45, 7) is 2.05. The number of piperidine rings is 1. The normalized spacial score (nSPS) is 22.3.